The van der Waals surface area contributed by atoms with E-state index in [1.165, 1.54) is 0 Å². The maximum atomic E-state index is 12.3. The van der Waals surface area contributed by atoms with Gasteiger partial charge in [-0.2, -0.15) is 0 Å². The fourth-order valence-corrected chi connectivity index (χ4v) is 2.06. The first-order chi connectivity index (χ1) is 11.3. The minimum atomic E-state index is -1.34. The minimum Gasteiger partial charge on any atom is -0.478 e. The van der Waals surface area contributed by atoms with Gasteiger partial charge in [0.05, 0.1) is 16.1 Å². The molecule has 2 aromatic carbocycles. The van der Waals surface area contributed by atoms with Crippen LogP contribution in [0.3, 0.4) is 0 Å². The Morgan fingerprint density at radius 2 is 1.71 bits per heavy atom. The Morgan fingerprint density at radius 1 is 1.08 bits per heavy atom. The van der Waals surface area contributed by atoms with Crippen molar-refractivity contribution >= 4 is 28.9 Å². The van der Waals surface area contributed by atoms with Gasteiger partial charge in [0.2, 0.25) is 0 Å². The van der Waals surface area contributed by atoms with Crippen LogP contribution in [0.1, 0.15) is 20.7 Å². The number of hydrogen-bond acceptors (Lipinski definition) is 5. The molecule has 0 saturated heterocycles. The molecule has 2 rings (SSSR count). The zero-order valence-electron chi connectivity index (χ0n) is 13.0. The number of non-ortho nitro benzene ring substituents is 1. The average Bonchev–Trinajstić information content (AvgIpc) is 2.54. The summed E-state index contributed by atoms with van der Waals surface area (Å²) < 4.78 is 0. The molecule has 124 valence electrons. The second-order valence-corrected chi connectivity index (χ2v) is 5.19. The molecule has 0 aliphatic carbocycles. The number of nitrogens with one attached hydrogen (secondary N) is 1. The molecular formula is C16H15N3O5. The minimum absolute atomic E-state index is 0.270. The fraction of sp³-hybridized carbons (Fsp3) is 0.125. The van der Waals surface area contributed by atoms with Crippen molar-refractivity contribution in [3.8, 4) is 0 Å². The zero-order valence-corrected chi connectivity index (χ0v) is 13.0. The monoisotopic (exact) mass is 329 g/mol. The molecule has 0 atom stereocenters. The Kier molecular flexibility index (Phi) is 4.78. The molecule has 0 heterocycles. The second-order valence-electron chi connectivity index (χ2n) is 5.19. The van der Waals surface area contributed by atoms with Gasteiger partial charge < -0.3 is 15.3 Å². The van der Waals surface area contributed by atoms with Crippen molar-refractivity contribution in [2.45, 2.75) is 0 Å². The molecule has 0 saturated carbocycles. The normalized spacial score (nSPS) is 10.1. The van der Waals surface area contributed by atoms with Gasteiger partial charge in [-0.25, -0.2) is 4.79 Å². The predicted octanol–water partition coefficient (Wildman–Crippen LogP) is 2.61. The number of hydrogen-bond donors (Lipinski definition) is 2. The third-order valence-corrected chi connectivity index (χ3v) is 3.33. The van der Waals surface area contributed by atoms with Gasteiger partial charge in [0, 0.05) is 37.6 Å². The number of carbonyl (C=O) groups excluding carboxylic acids is 1. The van der Waals surface area contributed by atoms with E-state index in [0.717, 1.165) is 23.9 Å². The number of aromatic carboxylic acids is 1. The lowest BCUT2D eigenvalue weighted by Gasteiger charge is -2.13. The largest absolute Gasteiger partial charge is 0.478 e. The predicted molar refractivity (Wildman–Crippen MR) is 88.8 cm³/mol. The molecule has 0 radical (unpaired) electrons. The summed E-state index contributed by atoms with van der Waals surface area (Å²) in [6, 6.07) is 9.92. The van der Waals surface area contributed by atoms with E-state index in [9.17, 15) is 19.7 Å². The van der Waals surface area contributed by atoms with Crippen LogP contribution in [-0.2, 0) is 0 Å². The van der Waals surface area contributed by atoms with Crippen molar-refractivity contribution < 1.29 is 19.6 Å². The van der Waals surface area contributed by atoms with E-state index in [-0.39, 0.29) is 16.8 Å². The number of carboxylic acids is 1. The quantitative estimate of drug-likeness (QED) is 0.644. The number of amides is 1. The number of carbonyl (C=O) groups is 2. The maximum absolute atomic E-state index is 12.3. The Hall–Kier alpha value is -3.42. The van der Waals surface area contributed by atoms with Gasteiger partial charge in [-0.15, -0.1) is 0 Å². The lowest BCUT2D eigenvalue weighted by atomic mass is 10.1. The molecular weight excluding hydrogens is 314 g/mol. The Morgan fingerprint density at radius 3 is 2.21 bits per heavy atom. The number of anilines is 2. The van der Waals surface area contributed by atoms with E-state index in [2.05, 4.69) is 5.32 Å². The number of rotatable bonds is 5. The summed E-state index contributed by atoms with van der Waals surface area (Å²) in [5.74, 6) is -2.06. The summed E-state index contributed by atoms with van der Waals surface area (Å²) in [6.07, 6.45) is 0. The molecule has 0 aliphatic rings. The molecule has 8 heteroatoms. The molecule has 0 unspecified atom stereocenters. The standard InChI is InChI=1S/C16H15N3O5/c1-18(2)11-5-3-10(4-6-11)17-15(20)14-9-12(19(23)24)7-8-13(14)16(21)22/h3-9H,1-2H3,(H,17,20)(H,21,22). The van der Waals surface area contributed by atoms with Crippen molar-refractivity contribution in [2.24, 2.45) is 0 Å². The smallest absolute Gasteiger partial charge is 0.336 e. The van der Waals surface area contributed by atoms with E-state index in [0.29, 0.717) is 5.69 Å². The van der Waals surface area contributed by atoms with Gasteiger partial charge in [-0.1, -0.05) is 0 Å². The summed E-state index contributed by atoms with van der Waals surface area (Å²) in [5, 5.41) is 22.5. The summed E-state index contributed by atoms with van der Waals surface area (Å²) >= 11 is 0. The van der Waals surface area contributed by atoms with Gasteiger partial charge >= 0.3 is 5.97 Å². The lowest BCUT2D eigenvalue weighted by molar-refractivity contribution is -0.384. The van der Waals surface area contributed by atoms with Crippen LogP contribution < -0.4 is 10.2 Å². The van der Waals surface area contributed by atoms with Crippen LogP contribution in [0.5, 0.6) is 0 Å². The van der Waals surface area contributed by atoms with E-state index in [1.54, 1.807) is 24.3 Å². The lowest BCUT2D eigenvalue weighted by Crippen LogP contribution is -2.17. The average molecular weight is 329 g/mol. The molecule has 0 aromatic heterocycles. The SMILES string of the molecule is CN(C)c1ccc(NC(=O)c2cc([N+](=O)[O-])ccc2C(=O)O)cc1. The summed E-state index contributed by atoms with van der Waals surface area (Å²) in [4.78, 5) is 35.6. The highest BCUT2D eigenvalue weighted by Gasteiger charge is 2.20. The van der Waals surface area contributed by atoms with Crippen LogP contribution in [-0.4, -0.2) is 36.0 Å². The van der Waals surface area contributed by atoms with E-state index < -0.39 is 16.8 Å². The van der Waals surface area contributed by atoms with Gasteiger partial charge in [0.1, 0.15) is 0 Å². The number of nitro benzene ring substituents is 1. The number of nitro groups is 1. The van der Waals surface area contributed by atoms with Crippen molar-refractivity contribution in [3.05, 3.63) is 63.7 Å². The Bertz CT molecular complexity index is 800. The highest BCUT2D eigenvalue weighted by molar-refractivity contribution is 6.11. The Balaban J connectivity index is 2.32. The zero-order chi connectivity index (χ0) is 17.9. The van der Waals surface area contributed by atoms with E-state index >= 15 is 0 Å². The molecule has 0 aliphatic heterocycles. The van der Waals surface area contributed by atoms with Gasteiger partial charge in [0.15, 0.2) is 0 Å². The summed E-state index contributed by atoms with van der Waals surface area (Å²) in [6.45, 7) is 0. The van der Waals surface area contributed by atoms with E-state index in [1.807, 2.05) is 19.0 Å². The third-order valence-electron chi connectivity index (χ3n) is 3.33. The van der Waals surface area contributed by atoms with Crippen LogP contribution in [0.25, 0.3) is 0 Å². The molecule has 0 bridgehead atoms. The van der Waals surface area contributed by atoms with Crippen molar-refractivity contribution in [1.82, 2.24) is 0 Å². The topological polar surface area (TPSA) is 113 Å². The van der Waals surface area contributed by atoms with Crippen molar-refractivity contribution in [3.63, 3.8) is 0 Å². The third kappa shape index (κ3) is 3.67. The van der Waals surface area contributed by atoms with E-state index in [4.69, 9.17) is 5.11 Å². The van der Waals surface area contributed by atoms with Crippen LogP contribution in [0.2, 0.25) is 0 Å². The van der Waals surface area contributed by atoms with Crippen LogP contribution in [0.4, 0.5) is 17.1 Å². The molecule has 24 heavy (non-hydrogen) atoms. The van der Waals surface area contributed by atoms with Crippen molar-refractivity contribution in [2.75, 3.05) is 24.3 Å². The molecule has 1 amide bonds. The first-order valence-corrected chi connectivity index (χ1v) is 6.90. The van der Waals surface area contributed by atoms with Crippen LogP contribution in [0.15, 0.2) is 42.5 Å². The number of nitrogens with zero attached hydrogens (tertiary/aromatic N) is 2. The number of carboxylic acid groups (broad SMARTS) is 1. The molecule has 8 nitrogen and oxygen atoms in total. The highest BCUT2D eigenvalue weighted by atomic mass is 16.6. The molecule has 0 fully saturated rings. The summed E-state index contributed by atoms with van der Waals surface area (Å²) in [5.41, 5.74) is 0.451. The molecule has 2 aromatic rings. The maximum Gasteiger partial charge on any atom is 0.336 e. The van der Waals surface area contributed by atoms with Gasteiger partial charge in [-0.3, -0.25) is 14.9 Å². The van der Waals surface area contributed by atoms with Gasteiger partial charge in [0.25, 0.3) is 11.6 Å². The van der Waals surface area contributed by atoms with Crippen LogP contribution >= 0.6 is 0 Å². The second kappa shape index (κ2) is 6.78. The summed E-state index contributed by atoms with van der Waals surface area (Å²) in [7, 11) is 3.74. The first kappa shape index (κ1) is 16.9. The molecule has 0 spiro atoms. The number of benzene rings is 2. The highest BCUT2D eigenvalue weighted by Crippen LogP contribution is 2.21. The van der Waals surface area contributed by atoms with Crippen LogP contribution in [0, 0.1) is 10.1 Å². The van der Waals surface area contributed by atoms with Gasteiger partial charge in [-0.05, 0) is 30.3 Å². The Labute approximate surface area is 137 Å². The first-order valence-electron chi connectivity index (χ1n) is 6.90. The fourth-order valence-electron chi connectivity index (χ4n) is 2.06. The molecule has 2 N–H and O–H groups in total. The van der Waals surface area contributed by atoms with Crippen molar-refractivity contribution in [1.29, 1.82) is 0 Å².